The monoisotopic (exact) mass is 301 g/mol. The molecule has 1 aromatic heterocycles. The molecule has 0 bridgehead atoms. The van der Waals surface area contributed by atoms with Gasteiger partial charge in [-0.25, -0.2) is 0 Å². The van der Waals surface area contributed by atoms with Crippen LogP contribution < -0.4 is 0 Å². The summed E-state index contributed by atoms with van der Waals surface area (Å²) in [6.45, 7) is 2.81. The number of rotatable bonds is 6. The van der Waals surface area contributed by atoms with E-state index in [2.05, 4.69) is 0 Å². The van der Waals surface area contributed by atoms with E-state index >= 15 is 0 Å². The normalized spacial score (nSPS) is 20.0. The molecular formula is C13H19NO3S2. The first-order valence-electron chi connectivity index (χ1n) is 6.38. The highest BCUT2D eigenvalue weighted by atomic mass is 32.2. The van der Waals surface area contributed by atoms with Crippen molar-refractivity contribution in [3.05, 3.63) is 23.7 Å². The van der Waals surface area contributed by atoms with Gasteiger partial charge < -0.3 is 14.4 Å². The van der Waals surface area contributed by atoms with E-state index < -0.39 is 0 Å². The molecule has 1 fully saturated rings. The SMILES string of the molecule is Cc1ccc(C2SCCC(=O)N2CCSCCO)o1. The van der Waals surface area contributed by atoms with E-state index in [4.69, 9.17) is 9.52 Å². The molecule has 0 aromatic carbocycles. The van der Waals surface area contributed by atoms with Crippen LogP contribution in [0, 0.1) is 6.92 Å². The van der Waals surface area contributed by atoms with Gasteiger partial charge in [0.25, 0.3) is 0 Å². The summed E-state index contributed by atoms with van der Waals surface area (Å²) in [6.07, 6.45) is 0.603. The molecule has 1 aliphatic rings. The standard InChI is InChI=1S/C13H19NO3S2/c1-10-2-3-11(17-10)13-14(5-8-18-9-6-15)12(16)4-7-19-13/h2-3,13,15H,4-9H2,1H3. The Morgan fingerprint density at radius 1 is 1.53 bits per heavy atom. The first kappa shape index (κ1) is 14.8. The van der Waals surface area contributed by atoms with Gasteiger partial charge in [-0.3, -0.25) is 4.79 Å². The highest BCUT2D eigenvalue weighted by Gasteiger charge is 2.31. The minimum atomic E-state index is 0.00433. The summed E-state index contributed by atoms with van der Waals surface area (Å²) in [4.78, 5) is 14.0. The van der Waals surface area contributed by atoms with Crippen molar-refractivity contribution in [3.63, 3.8) is 0 Å². The lowest BCUT2D eigenvalue weighted by atomic mass is 10.3. The number of aliphatic hydroxyl groups excluding tert-OH is 1. The van der Waals surface area contributed by atoms with Gasteiger partial charge >= 0.3 is 0 Å². The predicted molar refractivity (Wildman–Crippen MR) is 79.4 cm³/mol. The Bertz CT molecular complexity index is 422. The third kappa shape index (κ3) is 3.94. The van der Waals surface area contributed by atoms with Gasteiger partial charge in [0, 0.05) is 30.2 Å². The Labute approximate surface area is 121 Å². The van der Waals surface area contributed by atoms with E-state index in [1.807, 2.05) is 24.0 Å². The van der Waals surface area contributed by atoms with Crippen LogP contribution in [0.5, 0.6) is 0 Å². The fourth-order valence-electron chi connectivity index (χ4n) is 2.02. The Kier molecular flexibility index (Phi) is 5.66. The molecule has 1 unspecified atom stereocenters. The van der Waals surface area contributed by atoms with Gasteiger partial charge in [-0.15, -0.1) is 11.8 Å². The van der Waals surface area contributed by atoms with Gasteiger partial charge in [0.2, 0.25) is 5.91 Å². The molecule has 4 nitrogen and oxygen atoms in total. The summed E-state index contributed by atoms with van der Waals surface area (Å²) in [6, 6.07) is 3.90. The van der Waals surface area contributed by atoms with Crippen molar-refractivity contribution in [2.45, 2.75) is 18.7 Å². The first-order chi connectivity index (χ1) is 9.22. The molecule has 1 amide bonds. The molecule has 0 saturated carbocycles. The summed E-state index contributed by atoms with van der Waals surface area (Å²) in [5, 5.41) is 8.77. The smallest absolute Gasteiger partial charge is 0.224 e. The lowest BCUT2D eigenvalue weighted by molar-refractivity contribution is -0.132. The molecule has 1 aromatic rings. The second kappa shape index (κ2) is 7.26. The fourth-order valence-corrected chi connectivity index (χ4v) is 3.88. The van der Waals surface area contributed by atoms with Crippen LogP contribution in [0.2, 0.25) is 0 Å². The number of nitrogens with zero attached hydrogens (tertiary/aromatic N) is 1. The molecule has 0 aliphatic carbocycles. The van der Waals surface area contributed by atoms with Crippen LogP contribution in [0.15, 0.2) is 16.5 Å². The van der Waals surface area contributed by atoms with Crippen LogP contribution >= 0.6 is 23.5 Å². The first-order valence-corrected chi connectivity index (χ1v) is 8.58. The number of carbonyl (C=O) groups is 1. The van der Waals surface area contributed by atoms with Gasteiger partial charge in [0.15, 0.2) is 0 Å². The van der Waals surface area contributed by atoms with Crippen LogP contribution in [0.25, 0.3) is 0 Å². The van der Waals surface area contributed by atoms with Gasteiger partial charge in [0.1, 0.15) is 16.9 Å². The zero-order valence-corrected chi connectivity index (χ0v) is 12.6. The molecule has 0 spiro atoms. The van der Waals surface area contributed by atoms with Crippen LogP contribution in [0.1, 0.15) is 23.3 Å². The average molecular weight is 301 g/mol. The predicted octanol–water partition coefficient (Wildman–Crippen LogP) is 2.28. The number of furan rings is 1. The largest absolute Gasteiger partial charge is 0.463 e. The molecule has 19 heavy (non-hydrogen) atoms. The van der Waals surface area contributed by atoms with Crippen molar-refractivity contribution in [1.29, 1.82) is 0 Å². The summed E-state index contributed by atoms with van der Waals surface area (Å²) < 4.78 is 5.67. The summed E-state index contributed by atoms with van der Waals surface area (Å²) >= 11 is 3.43. The van der Waals surface area contributed by atoms with E-state index in [0.717, 1.165) is 28.8 Å². The van der Waals surface area contributed by atoms with E-state index in [0.29, 0.717) is 13.0 Å². The van der Waals surface area contributed by atoms with E-state index in [1.165, 1.54) is 0 Å². The number of aliphatic hydroxyl groups is 1. The molecule has 106 valence electrons. The lowest BCUT2D eigenvalue weighted by Gasteiger charge is -2.33. The number of amides is 1. The molecule has 0 radical (unpaired) electrons. The molecule has 1 N–H and O–H groups in total. The number of hydrogen-bond acceptors (Lipinski definition) is 5. The summed E-state index contributed by atoms with van der Waals surface area (Å²) in [5.74, 6) is 4.36. The average Bonchev–Trinajstić information content (AvgIpc) is 2.82. The molecule has 2 rings (SSSR count). The maximum atomic E-state index is 12.1. The Hall–Kier alpha value is -0.590. The molecule has 1 atom stereocenters. The molecular weight excluding hydrogens is 282 g/mol. The minimum Gasteiger partial charge on any atom is -0.463 e. The summed E-state index contributed by atoms with van der Waals surface area (Å²) in [7, 11) is 0. The van der Waals surface area contributed by atoms with E-state index in [1.54, 1.807) is 23.5 Å². The topological polar surface area (TPSA) is 53.7 Å². The van der Waals surface area contributed by atoms with E-state index in [9.17, 15) is 4.79 Å². The lowest BCUT2D eigenvalue weighted by Crippen LogP contribution is -2.38. The highest BCUT2D eigenvalue weighted by molar-refractivity contribution is 7.99. The maximum absolute atomic E-state index is 12.1. The van der Waals surface area contributed by atoms with Crippen LogP contribution in [-0.2, 0) is 4.79 Å². The van der Waals surface area contributed by atoms with Crippen LogP contribution in [0.4, 0.5) is 0 Å². The zero-order chi connectivity index (χ0) is 13.7. The third-order valence-electron chi connectivity index (χ3n) is 2.91. The van der Waals surface area contributed by atoms with Gasteiger partial charge in [-0.2, -0.15) is 11.8 Å². The van der Waals surface area contributed by atoms with E-state index in [-0.39, 0.29) is 17.9 Å². The number of thioether (sulfide) groups is 2. The summed E-state index contributed by atoms with van der Waals surface area (Å²) in [5.41, 5.74) is 0. The minimum absolute atomic E-state index is 0.00433. The zero-order valence-electron chi connectivity index (χ0n) is 11.0. The van der Waals surface area contributed by atoms with Crippen molar-refractivity contribution in [1.82, 2.24) is 4.90 Å². The number of aryl methyl sites for hydroxylation is 1. The van der Waals surface area contributed by atoms with Crippen LogP contribution in [-0.4, -0.2) is 46.3 Å². The third-order valence-corrected chi connectivity index (χ3v) is 5.10. The Balaban J connectivity index is 1.99. The Morgan fingerprint density at radius 3 is 3.05 bits per heavy atom. The quantitative estimate of drug-likeness (QED) is 0.817. The molecule has 1 saturated heterocycles. The molecule has 1 aliphatic heterocycles. The molecule has 2 heterocycles. The highest BCUT2D eigenvalue weighted by Crippen LogP contribution is 2.37. The van der Waals surface area contributed by atoms with Crippen molar-refractivity contribution in [2.75, 3.05) is 30.4 Å². The van der Waals surface area contributed by atoms with Crippen molar-refractivity contribution >= 4 is 29.4 Å². The van der Waals surface area contributed by atoms with Crippen LogP contribution in [0.3, 0.4) is 0 Å². The maximum Gasteiger partial charge on any atom is 0.224 e. The van der Waals surface area contributed by atoms with Gasteiger partial charge in [-0.1, -0.05) is 0 Å². The van der Waals surface area contributed by atoms with Gasteiger partial charge in [-0.05, 0) is 19.1 Å². The second-order valence-corrected chi connectivity index (χ2v) is 6.76. The number of hydrogen-bond donors (Lipinski definition) is 1. The Morgan fingerprint density at radius 2 is 2.37 bits per heavy atom. The van der Waals surface area contributed by atoms with Gasteiger partial charge in [0.05, 0.1) is 6.61 Å². The fraction of sp³-hybridized carbons (Fsp3) is 0.615. The van der Waals surface area contributed by atoms with Crippen molar-refractivity contribution < 1.29 is 14.3 Å². The van der Waals surface area contributed by atoms with Crippen molar-refractivity contribution in [2.24, 2.45) is 0 Å². The second-order valence-electron chi connectivity index (χ2n) is 4.34. The van der Waals surface area contributed by atoms with Crippen molar-refractivity contribution in [3.8, 4) is 0 Å². The molecule has 6 heteroatoms. The number of carbonyl (C=O) groups excluding carboxylic acids is 1.